The first kappa shape index (κ1) is 23.7. The third-order valence-electron chi connectivity index (χ3n) is 6.57. The van der Waals surface area contributed by atoms with E-state index in [9.17, 15) is 0 Å². The number of halogens is 2. The minimum Gasteiger partial charge on any atom is -1.00 e. The van der Waals surface area contributed by atoms with Crippen LogP contribution in [0, 0.1) is 13.8 Å². The Morgan fingerprint density at radius 2 is 1.60 bits per heavy atom. The van der Waals surface area contributed by atoms with Crippen LogP contribution in [0.5, 0.6) is 0 Å². The van der Waals surface area contributed by atoms with Crippen molar-refractivity contribution in [3.05, 3.63) is 91.4 Å². The van der Waals surface area contributed by atoms with Gasteiger partial charge in [0, 0.05) is 0 Å². The fourth-order valence-electron chi connectivity index (χ4n) is 4.66. The molecule has 0 radical (unpaired) electrons. The monoisotopic (exact) mass is 599 g/mol. The van der Waals surface area contributed by atoms with Crippen molar-refractivity contribution in [1.82, 2.24) is 4.57 Å². The van der Waals surface area contributed by atoms with Crippen molar-refractivity contribution in [2.75, 3.05) is 0 Å². The van der Waals surface area contributed by atoms with Crippen LogP contribution >= 0.6 is 0 Å². The number of allylic oxidation sites excluding steroid dienone is 5. The topological polar surface area (TPSA) is 4.93 Å². The number of hydrogen-bond donors (Lipinski definition) is 0. The van der Waals surface area contributed by atoms with Gasteiger partial charge in [0.25, 0.3) is 0 Å². The average Bonchev–Trinajstić information content (AvgIpc) is 3.31. The first-order valence-corrected chi connectivity index (χ1v) is 12.7. The largest absolute Gasteiger partial charge is 1.00 e. The molecule has 0 spiro atoms. The van der Waals surface area contributed by atoms with Crippen LogP contribution in [0.2, 0.25) is 0 Å². The molecule has 0 amide bonds. The van der Waals surface area contributed by atoms with Gasteiger partial charge in [0.15, 0.2) is 0 Å². The van der Waals surface area contributed by atoms with Gasteiger partial charge < -0.3 is 34.0 Å². The zero-order valence-corrected chi connectivity index (χ0v) is 23.4. The van der Waals surface area contributed by atoms with E-state index in [4.69, 9.17) is 0 Å². The quantitative estimate of drug-likeness (QED) is 0.423. The molecule has 30 heavy (non-hydrogen) atoms. The second-order valence-corrected chi connectivity index (χ2v) is 11.6. The summed E-state index contributed by atoms with van der Waals surface area (Å²) in [5.74, 6) is 0. The maximum Gasteiger partial charge on any atom is -1.00 e. The summed E-state index contributed by atoms with van der Waals surface area (Å²) in [7, 11) is 0. The van der Waals surface area contributed by atoms with Gasteiger partial charge in [0.1, 0.15) is 0 Å². The molecule has 0 N–H and O–H groups in total. The Balaban J connectivity index is 0.00000128. The summed E-state index contributed by atoms with van der Waals surface area (Å²) >= 11 is -0.798. The fourth-order valence-corrected chi connectivity index (χ4v) is 8.98. The molecule has 0 saturated heterocycles. The Morgan fingerprint density at radius 1 is 0.900 bits per heavy atom. The number of benzene rings is 2. The molecule has 4 heteroatoms. The van der Waals surface area contributed by atoms with Gasteiger partial charge in [-0.05, 0) is 0 Å². The molecule has 1 heterocycles. The normalized spacial score (nSPS) is 17.1. The van der Waals surface area contributed by atoms with Gasteiger partial charge in [-0.25, -0.2) is 0 Å². The Labute approximate surface area is 212 Å². The predicted molar refractivity (Wildman–Crippen MR) is 116 cm³/mol. The number of para-hydroxylation sites is 1. The van der Waals surface area contributed by atoms with Crippen molar-refractivity contribution in [2.24, 2.45) is 0 Å². The van der Waals surface area contributed by atoms with Crippen LogP contribution in [0.15, 0.2) is 69.0 Å². The molecule has 2 aliphatic rings. The first-order valence-electron chi connectivity index (χ1n) is 10.1. The molecule has 0 fully saturated rings. The molecular formula is C26H25Br2NZr. The molecule has 5 rings (SSSR count). The van der Waals surface area contributed by atoms with Gasteiger partial charge in [0.05, 0.1) is 0 Å². The molecule has 152 valence electrons. The smallest absolute Gasteiger partial charge is 1.00 e. The van der Waals surface area contributed by atoms with Gasteiger partial charge >= 0.3 is 180 Å². The molecule has 0 aliphatic heterocycles. The second kappa shape index (κ2) is 9.27. The number of hydrogen-bond acceptors (Lipinski definition) is 0. The standard InChI is InChI=1S/C19H16N.C7H9.2BrH.Zr/c1-13-14(2)20(19-10-6-5-9-18(13)19)17-11-15-7-3-4-8-16(15)12-17;1-6-4-3-5-7(6)2;;;/h3-12H,1-2H3;4H,3H2,1-2H3;2*1H;/q;;;;+2/p-2. The van der Waals surface area contributed by atoms with Crippen molar-refractivity contribution >= 4 is 22.7 Å². The van der Waals surface area contributed by atoms with Crippen LogP contribution in [0.25, 0.3) is 22.7 Å². The fraction of sp³-hybridized carbons (Fsp3) is 0.231. The molecule has 0 saturated carbocycles. The van der Waals surface area contributed by atoms with E-state index in [2.05, 4.69) is 92.9 Å². The zero-order valence-electron chi connectivity index (χ0n) is 17.8. The Bertz CT molecular complexity index is 1210. The molecule has 1 unspecified atom stereocenters. The Hall–Kier alpha value is -0.957. The summed E-state index contributed by atoms with van der Waals surface area (Å²) in [6.07, 6.45) is 6.07. The van der Waals surface area contributed by atoms with E-state index in [1.807, 2.05) is 0 Å². The van der Waals surface area contributed by atoms with Crippen LogP contribution in [0.4, 0.5) is 0 Å². The molecule has 0 bridgehead atoms. The molecular weight excluding hydrogens is 577 g/mol. The van der Waals surface area contributed by atoms with Crippen molar-refractivity contribution in [2.45, 2.75) is 37.7 Å². The van der Waals surface area contributed by atoms with Crippen LogP contribution in [-0.4, -0.2) is 4.57 Å². The minimum absolute atomic E-state index is 0. The van der Waals surface area contributed by atoms with Crippen molar-refractivity contribution in [3.8, 4) is 0 Å². The van der Waals surface area contributed by atoms with Crippen LogP contribution in [0.1, 0.15) is 46.3 Å². The zero-order chi connectivity index (χ0) is 19.4. The summed E-state index contributed by atoms with van der Waals surface area (Å²) in [6.45, 7) is 9.16. The van der Waals surface area contributed by atoms with Gasteiger partial charge in [0.2, 0.25) is 0 Å². The molecule has 2 aliphatic carbocycles. The van der Waals surface area contributed by atoms with Crippen LogP contribution in [-0.2, 0) is 23.2 Å². The SMILES string of the molecule is CC1=CC[C]([Zr+2][CH]2C(n3c(C)c(C)c4ccccc43)=Cc3ccccc32)=C1C.[Br-].[Br-]. The van der Waals surface area contributed by atoms with Crippen molar-refractivity contribution < 1.29 is 57.2 Å². The van der Waals surface area contributed by atoms with Crippen molar-refractivity contribution in [3.63, 3.8) is 0 Å². The summed E-state index contributed by atoms with van der Waals surface area (Å²) < 4.78 is 4.90. The summed E-state index contributed by atoms with van der Waals surface area (Å²) in [5, 5.41) is 1.38. The van der Waals surface area contributed by atoms with E-state index in [1.165, 1.54) is 45.4 Å². The van der Waals surface area contributed by atoms with E-state index < -0.39 is 23.2 Å². The maximum absolute atomic E-state index is 2.56. The van der Waals surface area contributed by atoms with E-state index in [1.54, 1.807) is 14.4 Å². The predicted octanol–water partition coefficient (Wildman–Crippen LogP) is 1.03. The molecule has 1 nitrogen and oxygen atoms in total. The third-order valence-corrected chi connectivity index (χ3v) is 11.0. The van der Waals surface area contributed by atoms with Crippen LogP contribution < -0.4 is 34.0 Å². The molecule has 2 aromatic carbocycles. The third kappa shape index (κ3) is 3.74. The van der Waals surface area contributed by atoms with E-state index >= 15 is 0 Å². The Kier molecular flexibility index (Phi) is 7.32. The summed E-state index contributed by atoms with van der Waals surface area (Å²) in [4.78, 5) is 0. The number of fused-ring (bicyclic) bond motifs is 2. The van der Waals surface area contributed by atoms with Gasteiger partial charge in [-0.3, -0.25) is 0 Å². The number of aromatic nitrogens is 1. The molecule has 1 atom stereocenters. The molecule has 1 aromatic heterocycles. The van der Waals surface area contributed by atoms with E-state index in [-0.39, 0.29) is 34.0 Å². The second-order valence-electron chi connectivity index (χ2n) is 8.03. The van der Waals surface area contributed by atoms with Crippen molar-refractivity contribution in [1.29, 1.82) is 0 Å². The minimum atomic E-state index is -0.798. The first-order chi connectivity index (χ1) is 13.6. The van der Waals surface area contributed by atoms with Crippen LogP contribution in [0.3, 0.4) is 0 Å². The van der Waals surface area contributed by atoms with Gasteiger partial charge in [-0.1, -0.05) is 0 Å². The maximum atomic E-state index is 2.56. The number of aryl methyl sites for hydroxylation is 1. The summed E-state index contributed by atoms with van der Waals surface area (Å²) in [5.41, 5.74) is 11.7. The number of nitrogens with zero attached hydrogens (tertiary/aromatic N) is 1. The average molecular weight is 603 g/mol. The summed E-state index contributed by atoms with van der Waals surface area (Å²) in [6, 6.07) is 17.9. The van der Waals surface area contributed by atoms with E-state index in [0.717, 1.165) is 0 Å². The van der Waals surface area contributed by atoms with E-state index in [0.29, 0.717) is 3.63 Å². The molecule has 3 aromatic rings. The van der Waals surface area contributed by atoms with Gasteiger partial charge in [-0.2, -0.15) is 0 Å². The Morgan fingerprint density at radius 3 is 2.33 bits per heavy atom. The number of rotatable bonds is 3. The van der Waals surface area contributed by atoms with Gasteiger partial charge in [-0.15, -0.1) is 0 Å².